The van der Waals surface area contributed by atoms with Crippen molar-refractivity contribution < 1.29 is 22.0 Å². The molecule has 0 aliphatic carbocycles. The van der Waals surface area contributed by atoms with E-state index in [1.54, 1.807) is 21.8 Å². The average Bonchev–Trinajstić information content (AvgIpc) is 3.13. The van der Waals surface area contributed by atoms with Crippen LogP contribution in [0.15, 0.2) is 35.4 Å². The van der Waals surface area contributed by atoms with Crippen molar-refractivity contribution in [1.29, 1.82) is 0 Å². The van der Waals surface area contributed by atoms with Crippen LogP contribution in [0, 0.1) is 11.6 Å². The predicted molar refractivity (Wildman–Crippen MR) is 93.6 cm³/mol. The van der Waals surface area contributed by atoms with E-state index in [0.717, 1.165) is 12.1 Å². The molecule has 0 N–H and O–H groups in total. The van der Waals surface area contributed by atoms with Gasteiger partial charge >= 0.3 is 0 Å². The maximum absolute atomic E-state index is 13.4. The second kappa shape index (κ2) is 7.35. The van der Waals surface area contributed by atoms with Crippen molar-refractivity contribution in [3.8, 4) is 0 Å². The number of hydrogen-bond donors (Lipinski definition) is 0. The van der Waals surface area contributed by atoms with Gasteiger partial charge in [-0.25, -0.2) is 17.2 Å². The summed E-state index contributed by atoms with van der Waals surface area (Å²) in [5.74, 6) is -2.54. The van der Waals surface area contributed by atoms with Gasteiger partial charge < -0.3 is 4.90 Å². The molecule has 3 rings (SSSR count). The molecule has 2 heterocycles. The van der Waals surface area contributed by atoms with Gasteiger partial charge in [0.2, 0.25) is 10.0 Å². The molecule has 27 heavy (non-hydrogen) atoms. The Hall–Kier alpha value is -2.33. The second-order valence-electron chi connectivity index (χ2n) is 6.53. The van der Waals surface area contributed by atoms with Gasteiger partial charge in [-0.2, -0.15) is 9.40 Å². The van der Waals surface area contributed by atoms with E-state index in [9.17, 15) is 22.0 Å². The molecule has 146 valence electrons. The number of hydrogen-bond acceptors (Lipinski definition) is 4. The van der Waals surface area contributed by atoms with Crippen LogP contribution in [0.1, 0.15) is 30.4 Å². The van der Waals surface area contributed by atoms with Gasteiger partial charge in [0.1, 0.15) is 5.69 Å². The quantitative estimate of drug-likeness (QED) is 0.788. The first-order chi connectivity index (χ1) is 12.7. The van der Waals surface area contributed by atoms with Gasteiger partial charge in [-0.1, -0.05) is 0 Å². The van der Waals surface area contributed by atoms with Crippen molar-refractivity contribution in [1.82, 2.24) is 19.0 Å². The molecular formula is C17H20F2N4O3S. The summed E-state index contributed by atoms with van der Waals surface area (Å²) in [6.07, 6.45) is 1.55. The van der Waals surface area contributed by atoms with Gasteiger partial charge in [-0.3, -0.25) is 9.48 Å². The lowest BCUT2D eigenvalue weighted by Gasteiger charge is -2.34. The zero-order valence-corrected chi connectivity index (χ0v) is 15.8. The first kappa shape index (κ1) is 19.4. The lowest BCUT2D eigenvalue weighted by molar-refractivity contribution is 0.0683. The van der Waals surface area contributed by atoms with Gasteiger partial charge in [0.05, 0.1) is 4.90 Å². The fourth-order valence-electron chi connectivity index (χ4n) is 2.98. The molecular weight excluding hydrogens is 378 g/mol. The molecule has 1 fully saturated rings. The molecule has 0 bridgehead atoms. The molecule has 0 radical (unpaired) electrons. The number of piperazine rings is 1. The molecule has 1 saturated heterocycles. The minimum Gasteiger partial charge on any atom is -0.335 e. The maximum Gasteiger partial charge on any atom is 0.272 e. The second-order valence-corrected chi connectivity index (χ2v) is 8.46. The molecule has 0 spiro atoms. The predicted octanol–water partition coefficient (Wildman–Crippen LogP) is 1.89. The van der Waals surface area contributed by atoms with E-state index in [1.165, 1.54) is 4.31 Å². The number of rotatable bonds is 4. The Balaban J connectivity index is 1.72. The Morgan fingerprint density at radius 2 is 1.74 bits per heavy atom. The van der Waals surface area contributed by atoms with Crippen LogP contribution >= 0.6 is 0 Å². The van der Waals surface area contributed by atoms with Gasteiger partial charge in [0.15, 0.2) is 11.6 Å². The van der Waals surface area contributed by atoms with Crippen LogP contribution in [-0.4, -0.2) is 59.5 Å². The van der Waals surface area contributed by atoms with Crippen LogP contribution in [0.5, 0.6) is 0 Å². The molecule has 1 aliphatic rings. The standard InChI is InChI=1S/C17H20F2N4O3S/c1-12(2)23-16(5-6-20-23)17(24)21-7-9-22(10-8-21)27(25,26)13-3-4-14(18)15(19)11-13/h3-6,11-12H,7-10H2,1-2H3. The monoisotopic (exact) mass is 398 g/mol. The highest BCUT2D eigenvalue weighted by Crippen LogP contribution is 2.21. The summed E-state index contributed by atoms with van der Waals surface area (Å²) < 4.78 is 54.5. The Morgan fingerprint density at radius 3 is 2.33 bits per heavy atom. The van der Waals surface area contributed by atoms with Gasteiger partial charge in [0.25, 0.3) is 5.91 Å². The smallest absolute Gasteiger partial charge is 0.272 e. The van der Waals surface area contributed by atoms with Crippen LogP contribution in [0.4, 0.5) is 8.78 Å². The number of aromatic nitrogens is 2. The number of benzene rings is 1. The lowest BCUT2D eigenvalue weighted by atomic mass is 10.3. The molecule has 0 atom stereocenters. The summed E-state index contributed by atoms with van der Waals surface area (Å²) in [5, 5.41) is 4.14. The summed E-state index contributed by atoms with van der Waals surface area (Å²) in [5.41, 5.74) is 0.446. The zero-order valence-electron chi connectivity index (χ0n) is 15.0. The number of sulfonamides is 1. The van der Waals surface area contributed by atoms with Crippen LogP contribution in [-0.2, 0) is 10.0 Å². The molecule has 1 aliphatic heterocycles. The molecule has 0 unspecified atom stereocenters. The fraction of sp³-hybridized carbons (Fsp3) is 0.412. The van der Waals surface area contributed by atoms with Crippen LogP contribution < -0.4 is 0 Å². The summed E-state index contributed by atoms with van der Waals surface area (Å²) in [6, 6.07) is 4.14. The summed E-state index contributed by atoms with van der Waals surface area (Å²) >= 11 is 0. The van der Waals surface area contributed by atoms with Gasteiger partial charge in [-0.05, 0) is 38.1 Å². The first-order valence-electron chi connectivity index (χ1n) is 8.50. The number of amides is 1. The topological polar surface area (TPSA) is 75.5 Å². The van der Waals surface area contributed by atoms with Crippen molar-refractivity contribution in [2.75, 3.05) is 26.2 Å². The van der Waals surface area contributed by atoms with Crippen LogP contribution in [0.2, 0.25) is 0 Å². The van der Waals surface area contributed by atoms with Crippen LogP contribution in [0.25, 0.3) is 0 Å². The van der Waals surface area contributed by atoms with E-state index in [4.69, 9.17) is 0 Å². The summed E-state index contributed by atoms with van der Waals surface area (Å²) in [4.78, 5) is 14.0. The highest BCUT2D eigenvalue weighted by Gasteiger charge is 2.32. The third kappa shape index (κ3) is 3.72. The average molecular weight is 398 g/mol. The van der Waals surface area contributed by atoms with Gasteiger partial charge in [-0.15, -0.1) is 0 Å². The summed E-state index contributed by atoms with van der Waals surface area (Å²) in [6.45, 7) is 4.37. The third-order valence-electron chi connectivity index (χ3n) is 4.43. The molecule has 0 saturated carbocycles. The number of nitrogens with zero attached hydrogens (tertiary/aromatic N) is 4. The molecule has 1 aromatic heterocycles. The third-order valence-corrected chi connectivity index (χ3v) is 6.33. The molecule has 2 aromatic rings. The SMILES string of the molecule is CC(C)n1nccc1C(=O)N1CCN(S(=O)(=O)c2ccc(F)c(F)c2)CC1. The van der Waals surface area contributed by atoms with Crippen molar-refractivity contribution >= 4 is 15.9 Å². The van der Waals surface area contributed by atoms with Crippen molar-refractivity contribution in [2.45, 2.75) is 24.8 Å². The van der Waals surface area contributed by atoms with E-state index < -0.39 is 21.7 Å². The Kier molecular flexibility index (Phi) is 5.29. The highest BCUT2D eigenvalue weighted by molar-refractivity contribution is 7.89. The maximum atomic E-state index is 13.4. The van der Waals surface area contributed by atoms with Crippen molar-refractivity contribution in [3.05, 3.63) is 47.8 Å². The van der Waals surface area contributed by atoms with Gasteiger partial charge in [0, 0.05) is 38.4 Å². The van der Waals surface area contributed by atoms with E-state index in [2.05, 4.69) is 5.10 Å². The zero-order chi connectivity index (χ0) is 19.8. The molecule has 1 amide bonds. The van der Waals surface area contributed by atoms with E-state index in [-0.39, 0.29) is 43.0 Å². The molecule has 10 heteroatoms. The Morgan fingerprint density at radius 1 is 1.07 bits per heavy atom. The minimum absolute atomic E-state index is 0.0222. The molecule has 1 aromatic carbocycles. The number of halogens is 2. The largest absolute Gasteiger partial charge is 0.335 e. The number of carbonyl (C=O) groups is 1. The number of carbonyl (C=O) groups excluding carboxylic acids is 1. The fourth-order valence-corrected chi connectivity index (χ4v) is 4.41. The first-order valence-corrected chi connectivity index (χ1v) is 9.94. The van der Waals surface area contributed by atoms with Crippen LogP contribution in [0.3, 0.4) is 0 Å². The highest BCUT2D eigenvalue weighted by atomic mass is 32.2. The summed E-state index contributed by atoms with van der Waals surface area (Å²) in [7, 11) is -3.95. The molecule has 7 nitrogen and oxygen atoms in total. The normalized spacial score (nSPS) is 16.1. The van der Waals surface area contributed by atoms with E-state index >= 15 is 0 Å². The Bertz CT molecular complexity index is 951. The van der Waals surface area contributed by atoms with Crippen molar-refractivity contribution in [3.63, 3.8) is 0 Å². The van der Waals surface area contributed by atoms with Crippen molar-refractivity contribution in [2.24, 2.45) is 0 Å². The minimum atomic E-state index is -3.95. The Labute approximate surface area is 156 Å². The van der Waals surface area contributed by atoms with E-state index in [0.29, 0.717) is 11.8 Å². The van der Waals surface area contributed by atoms with E-state index in [1.807, 2.05) is 13.8 Å². The lowest BCUT2D eigenvalue weighted by Crippen LogP contribution is -2.50.